The Bertz CT molecular complexity index is 659. The third kappa shape index (κ3) is 2.04. The standard InChI is InChI=1S/C13H10N2O3/c1-18-11-5-4-9-3-2-8(7-14)6-10(9)12(11)15-13(16)17/h2-6,15H,1H3,(H,16,17). The van der Waals surface area contributed by atoms with Crippen molar-refractivity contribution in [2.24, 2.45) is 0 Å². The summed E-state index contributed by atoms with van der Waals surface area (Å²) < 4.78 is 5.12. The maximum absolute atomic E-state index is 10.8. The Hall–Kier alpha value is -2.74. The summed E-state index contributed by atoms with van der Waals surface area (Å²) >= 11 is 0. The lowest BCUT2D eigenvalue weighted by molar-refractivity contribution is 0.209. The predicted molar refractivity (Wildman–Crippen MR) is 66.9 cm³/mol. The maximum atomic E-state index is 10.8. The first-order valence-corrected chi connectivity index (χ1v) is 5.16. The quantitative estimate of drug-likeness (QED) is 0.848. The largest absolute Gasteiger partial charge is 0.495 e. The number of fused-ring (bicyclic) bond motifs is 1. The number of nitriles is 1. The molecule has 0 atom stereocenters. The summed E-state index contributed by atoms with van der Waals surface area (Å²) in [4.78, 5) is 10.8. The average Bonchev–Trinajstić information content (AvgIpc) is 2.38. The van der Waals surface area contributed by atoms with Crippen molar-refractivity contribution >= 4 is 22.6 Å². The molecule has 0 aliphatic heterocycles. The van der Waals surface area contributed by atoms with Gasteiger partial charge in [0.2, 0.25) is 0 Å². The van der Waals surface area contributed by atoms with Gasteiger partial charge in [-0.05, 0) is 23.6 Å². The molecule has 2 aromatic carbocycles. The van der Waals surface area contributed by atoms with E-state index >= 15 is 0 Å². The minimum atomic E-state index is -1.18. The fourth-order valence-electron chi connectivity index (χ4n) is 1.78. The monoisotopic (exact) mass is 242 g/mol. The van der Waals surface area contributed by atoms with Crippen molar-refractivity contribution in [1.29, 1.82) is 5.26 Å². The zero-order chi connectivity index (χ0) is 13.1. The van der Waals surface area contributed by atoms with Crippen LogP contribution in [0.25, 0.3) is 10.8 Å². The van der Waals surface area contributed by atoms with Crippen molar-refractivity contribution in [3.63, 3.8) is 0 Å². The zero-order valence-electron chi connectivity index (χ0n) is 9.60. The number of amides is 1. The lowest BCUT2D eigenvalue weighted by Gasteiger charge is -2.11. The number of nitrogens with zero attached hydrogens (tertiary/aromatic N) is 1. The van der Waals surface area contributed by atoms with E-state index in [9.17, 15) is 4.79 Å². The van der Waals surface area contributed by atoms with E-state index in [-0.39, 0.29) is 0 Å². The number of anilines is 1. The molecule has 0 saturated heterocycles. The lowest BCUT2D eigenvalue weighted by atomic mass is 10.1. The molecule has 0 bridgehead atoms. The van der Waals surface area contributed by atoms with Gasteiger partial charge in [0, 0.05) is 5.39 Å². The molecule has 0 aliphatic rings. The number of ether oxygens (including phenoxy) is 1. The summed E-state index contributed by atoms with van der Waals surface area (Å²) in [6.07, 6.45) is -1.18. The summed E-state index contributed by atoms with van der Waals surface area (Å²) in [5, 5.41) is 21.5. The molecule has 1 amide bonds. The second-order valence-electron chi connectivity index (χ2n) is 3.62. The molecular formula is C13H10N2O3. The predicted octanol–water partition coefficient (Wildman–Crippen LogP) is 2.81. The molecule has 0 aromatic heterocycles. The highest BCUT2D eigenvalue weighted by Crippen LogP contribution is 2.33. The van der Waals surface area contributed by atoms with Crippen LogP contribution >= 0.6 is 0 Å². The fraction of sp³-hybridized carbons (Fsp3) is 0.0769. The van der Waals surface area contributed by atoms with Crippen LogP contribution in [0.3, 0.4) is 0 Å². The van der Waals surface area contributed by atoms with Crippen LogP contribution in [0.1, 0.15) is 5.56 Å². The van der Waals surface area contributed by atoms with Gasteiger partial charge in [0.25, 0.3) is 0 Å². The Morgan fingerprint density at radius 2 is 2.11 bits per heavy atom. The number of hydrogen-bond donors (Lipinski definition) is 2. The fourth-order valence-corrected chi connectivity index (χ4v) is 1.78. The van der Waals surface area contributed by atoms with Gasteiger partial charge in [0.05, 0.1) is 24.4 Å². The van der Waals surface area contributed by atoms with Gasteiger partial charge in [-0.25, -0.2) is 4.79 Å². The molecule has 2 rings (SSSR count). The molecule has 0 spiro atoms. The van der Waals surface area contributed by atoms with E-state index in [1.165, 1.54) is 7.11 Å². The molecule has 0 unspecified atom stereocenters. The van der Waals surface area contributed by atoms with Crippen LogP contribution in [-0.2, 0) is 0 Å². The normalized spacial score (nSPS) is 9.78. The Morgan fingerprint density at radius 1 is 1.39 bits per heavy atom. The molecule has 5 nitrogen and oxygen atoms in total. The van der Waals surface area contributed by atoms with Crippen LogP contribution in [-0.4, -0.2) is 18.3 Å². The van der Waals surface area contributed by atoms with Crippen LogP contribution in [0.15, 0.2) is 30.3 Å². The molecule has 0 fully saturated rings. The molecule has 18 heavy (non-hydrogen) atoms. The molecule has 0 radical (unpaired) electrons. The number of hydrogen-bond acceptors (Lipinski definition) is 3. The third-order valence-electron chi connectivity index (χ3n) is 2.56. The summed E-state index contributed by atoms with van der Waals surface area (Å²) in [6, 6.07) is 10.6. The average molecular weight is 242 g/mol. The van der Waals surface area contributed by atoms with Crippen LogP contribution in [0.2, 0.25) is 0 Å². The van der Waals surface area contributed by atoms with Crippen molar-refractivity contribution < 1.29 is 14.6 Å². The molecule has 0 heterocycles. The summed E-state index contributed by atoms with van der Waals surface area (Å²) in [6.45, 7) is 0. The SMILES string of the molecule is COc1ccc2ccc(C#N)cc2c1NC(=O)O. The highest BCUT2D eigenvalue weighted by atomic mass is 16.5. The van der Waals surface area contributed by atoms with Gasteiger partial charge in [0.15, 0.2) is 0 Å². The van der Waals surface area contributed by atoms with Crippen LogP contribution < -0.4 is 10.1 Å². The topological polar surface area (TPSA) is 82.3 Å². The summed E-state index contributed by atoms with van der Waals surface area (Å²) in [7, 11) is 1.46. The van der Waals surface area contributed by atoms with Gasteiger partial charge in [-0.2, -0.15) is 5.26 Å². The lowest BCUT2D eigenvalue weighted by Crippen LogP contribution is -2.09. The van der Waals surface area contributed by atoms with Gasteiger partial charge >= 0.3 is 6.09 Å². The number of carboxylic acid groups (broad SMARTS) is 1. The van der Waals surface area contributed by atoms with Gasteiger partial charge in [-0.1, -0.05) is 12.1 Å². The van der Waals surface area contributed by atoms with Gasteiger partial charge in [-0.15, -0.1) is 0 Å². The summed E-state index contributed by atoms with van der Waals surface area (Å²) in [5.41, 5.74) is 0.809. The Balaban J connectivity index is 2.74. The Kier molecular flexibility index (Phi) is 3.02. The number of methoxy groups -OCH3 is 1. The summed E-state index contributed by atoms with van der Waals surface area (Å²) in [5.74, 6) is 0.417. The van der Waals surface area contributed by atoms with Crippen molar-refractivity contribution in [2.45, 2.75) is 0 Å². The Morgan fingerprint density at radius 3 is 2.72 bits per heavy atom. The molecule has 2 aromatic rings. The van der Waals surface area contributed by atoms with E-state index in [0.717, 1.165) is 5.39 Å². The van der Waals surface area contributed by atoms with Crippen molar-refractivity contribution in [3.8, 4) is 11.8 Å². The maximum Gasteiger partial charge on any atom is 0.409 e. The van der Waals surface area contributed by atoms with Gasteiger partial charge in [-0.3, -0.25) is 5.32 Å². The molecular weight excluding hydrogens is 232 g/mol. The van der Waals surface area contributed by atoms with E-state index in [4.69, 9.17) is 15.1 Å². The second kappa shape index (κ2) is 4.63. The number of carbonyl (C=O) groups is 1. The van der Waals surface area contributed by atoms with Crippen molar-refractivity contribution in [2.75, 3.05) is 12.4 Å². The minimum Gasteiger partial charge on any atom is -0.495 e. The first kappa shape index (κ1) is 11.7. The van der Waals surface area contributed by atoms with Gasteiger partial charge < -0.3 is 9.84 Å². The second-order valence-corrected chi connectivity index (χ2v) is 3.62. The Labute approximate surface area is 103 Å². The highest BCUT2D eigenvalue weighted by Gasteiger charge is 2.11. The molecule has 0 aliphatic carbocycles. The van der Waals surface area contributed by atoms with Gasteiger partial charge in [0.1, 0.15) is 5.75 Å². The molecule has 2 N–H and O–H groups in total. The first-order chi connectivity index (χ1) is 8.65. The molecule has 0 saturated carbocycles. The highest BCUT2D eigenvalue weighted by molar-refractivity contribution is 6.03. The first-order valence-electron chi connectivity index (χ1n) is 5.16. The third-order valence-corrected chi connectivity index (χ3v) is 2.56. The van der Waals surface area contributed by atoms with E-state index < -0.39 is 6.09 Å². The zero-order valence-corrected chi connectivity index (χ0v) is 9.60. The number of benzene rings is 2. The molecule has 5 heteroatoms. The van der Waals surface area contributed by atoms with E-state index in [1.807, 2.05) is 12.1 Å². The van der Waals surface area contributed by atoms with E-state index in [0.29, 0.717) is 22.4 Å². The smallest absolute Gasteiger partial charge is 0.409 e. The van der Waals surface area contributed by atoms with Crippen LogP contribution in [0.4, 0.5) is 10.5 Å². The molecule has 90 valence electrons. The van der Waals surface area contributed by atoms with E-state index in [2.05, 4.69) is 5.32 Å². The van der Waals surface area contributed by atoms with Crippen LogP contribution in [0, 0.1) is 11.3 Å². The minimum absolute atomic E-state index is 0.347. The van der Waals surface area contributed by atoms with Crippen molar-refractivity contribution in [3.05, 3.63) is 35.9 Å². The number of rotatable bonds is 2. The number of nitrogens with one attached hydrogen (secondary N) is 1. The van der Waals surface area contributed by atoms with E-state index in [1.54, 1.807) is 24.3 Å². The van der Waals surface area contributed by atoms with Crippen molar-refractivity contribution in [1.82, 2.24) is 0 Å². The van der Waals surface area contributed by atoms with Crippen LogP contribution in [0.5, 0.6) is 5.75 Å².